The van der Waals surface area contributed by atoms with Crippen molar-refractivity contribution in [2.24, 2.45) is 0 Å². The van der Waals surface area contributed by atoms with E-state index in [-0.39, 0.29) is 17.2 Å². The minimum atomic E-state index is -0.284. The first kappa shape index (κ1) is 14.6. The van der Waals surface area contributed by atoms with Gasteiger partial charge in [0.05, 0.1) is 18.3 Å². The van der Waals surface area contributed by atoms with Crippen LogP contribution in [0.3, 0.4) is 0 Å². The van der Waals surface area contributed by atoms with Crippen molar-refractivity contribution in [1.82, 2.24) is 14.9 Å². The van der Waals surface area contributed by atoms with E-state index in [4.69, 9.17) is 4.42 Å². The Bertz CT molecular complexity index is 685. The van der Waals surface area contributed by atoms with Crippen LogP contribution in [0.1, 0.15) is 47.8 Å². The van der Waals surface area contributed by atoms with Crippen LogP contribution in [-0.2, 0) is 6.54 Å². The van der Waals surface area contributed by atoms with Crippen molar-refractivity contribution in [3.8, 4) is 0 Å². The lowest BCUT2D eigenvalue weighted by molar-refractivity contribution is 0.0924. The standard InChI is InChI=1S/C16H19N3O3/c20-15-10-13(12-4-1-2-5-12)18-11-19(15)8-7-17-16(21)14-6-3-9-22-14/h3,6,9-12H,1-2,4-5,7-8H2,(H,17,21). The van der Waals surface area contributed by atoms with Crippen LogP contribution in [0.4, 0.5) is 0 Å². The Kier molecular flexibility index (Phi) is 4.37. The molecular formula is C16H19N3O3. The molecule has 1 aliphatic carbocycles. The van der Waals surface area contributed by atoms with Crippen molar-refractivity contribution in [2.75, 3.05) is 6.54 Å². The average molecular weight is 301 g/mol. The number of furan rings is 1. The maximum absolute atomic E-state index is 12.1. The number of rotatable bonds is 5. The molecular weight excluding hydrogens is 282 g/mol. The molecule has 1 saturated carbocycles. The fourth-order valence-corrected chi connectivity index (χ4v) is 2.84. The largest absolute Gasteiger partial charge is 0.459 e. The minimum Gasteiger partial charge on any atom is -0.459 e. The van der Waals surface area contributed by atoms with E-state index in [1.165, 1.54) is 23.7 Å². The highest BCUT2D eigenvalue weighted by molar-refractivity contribution is 5.91. The minimum absolute atomic E-state index is 0.0656. The van der Waals surface area contributed by atoms with Gasteiger partial charge in [-0.15, -0.1) is 0 Å². The van der Waals surface area contributed by atoms with Gasteiger partial charge in [-0.25, -0.2) is 4.98 Å². The molecule has 2 aromatic rings. The van der Waals surface area contributed by atoms with E-state index < -0.39 is 0 Å². The van der Waals surface area contributed by atoms with Crippen molar-refractivity contribution >= 4 is 5.91 Å². The van der Waals surface area contributed by atoms with Gasteiger partial charge in [0.1, 0.15) is 0 Å². The molecule has 0 saturated heterocycles. The second kappa shape index (κ2) is 6.60. The number of aromatic nitrogens is 2. The van der Waals surface area contributed by atoms with Gasteiger partial charge in [-0.1, -0.05) is 12.8 Å². The molecule has 1 N–H and O–H groups in total. The second-order valence-corrected chi connectivity index (χ2v) is 5.56. The molecule has 3 rings (SSSR count). The molecule has 0 unspecified atom stereocenters. The van der Waals surface area contributed by atoms with Crippen LogP contribution in [0.15, 0.2) is 40.0 Å². The summed E-state index contributed by atoms with van der Waals surface area (Å²) in [5, 5.41) is 2.71. The van der Waals surface area contributed by atoms with Gasteiger partial charge in [-0.3, -0.25) is 14.2 Å². The van der Waals surface area contributed by atoms with E-state index in [1.54, 1.807) is 24.5 Å². The number of nitrogens with one attached hydrogen (secondary N) is 1. The molecule has 0 radical (unpaired) electrons. The van der Waals surface area contributed by atoms with Gasteiger partial charge in [0, 0.05) is 25.1 Å². The van der Waals surface area contributed by atoms with Gasteiger partial charge >= 0.3 is 0 Å². The fraction of sp³-hybridized carbons (Fsp3) is 0.438. The van der Waals surface area contributed by atoms with Crippen molar-refractivity contribution in [2.45, 2.75) is 38.1 Å². The van der Waals surface area contributed by atoms with Crippen LogP contribution in [0.5, 0.6) is 0 Å². The molecule has 0 aromatic carbocycles. The average Bonchev–Trinajstić information content (AvgIpc) is 3.22. The molecule has 2 aromatic heterocycles. The molecule has 2 heterocycles. The molecule has 1 fully saturated rings. The molecule has 6 heteroatoms. The Morgan fingerprint density at radius 1 is 1.41 bits per heavy atom. The first-order valence-electron chi connectivity index (χ1n) is 7.62. The first-order chi connectivity index (χ1) is 10.7. The van der Waals surface area contributed by atoms with E-state index in [0.717, 1.165) is 18.5 Å². The Balaban J connectivity index is 1.56. The predicted octanol–water partition coefficient (Wildman–Crippen LogP) is 1.92. The Labute approximate surface area is 128 Å². The molecule has 0 atom stereocenters. The summed E-state index contributed by atoms with van der Waals surface area (Å²) in [6.45, 7) is 0.743. The first-order valence-corrected chi connectivity index (χ1v) is 7.62. The summed E-state index contributed by atoms with van der Waals surface area (Å²) in [4.78, 5) is 28.2. The molecule has 1 amide bonds. The van der Waals surface area contributed by atoms with Crippen molar-refractivity contribution in [1.29, 1.82) is 0 Å². The summed E-state index contributed by atoms with van der Waals surface area (Å²) in [6, 6.07) is 4.88. The van der Waals surface area contributed by atoms with Crippen LogP contribution in [0, 0.1) is 0 Å². The van der Waals surface area contributed by atoms with Gasteiger partial charge in [0.2, 0.25) is 0 Å². The van der Waals surface area contributed by atoms with Gasteiger partial charge in [-0.2, -0.15) is 0 Å². The lowest BCUT2D eigenvalue weighted by Gasteiger charge is -2.10. The summed E-state index contributed by atoms with van der Waals surface area (Å²) in [6.07, 6.45) is 7.70. The molecule has 6 nitrogen and oxygen atoms in total. The van der Waals surface area contributed by atoms with Crippen LogP contribution >= 0.6 is 0 Å². The second-order valence-electron chi connectivity index (χ2n) is 5.56. The number of amides is 1. The molecule has 0 bridgehead atoms. The van der Waals surface area contributed by atoms with Crippen molar-refractivity contribution in [3.05, 3.63) is 52.6 Å². The normalized spacial score (nSPS) is 15.1. The third-order valence-corrected chi connectivity index (χ3v) is 4.06. The van der Waals surface area contributed by atoms with E-state index >= 15 is 0 Å². The fourth-order valence-electron chi connectivity index (χ4n) is 2.84. The third-order valence-electron chi connectivity index (χ3n) is 4.06. The van der Waals surface area contributed by atoms with Crippen LogP contribution < -0.4 is 10.9 Å². The summed E-state index contributed by atoms with van der Waals surface area (Å²) in [5.74, 6) is 0.414. The Morgan fingerprint density at radius 2 is 2.23 bits per heavy atom. The Hall–Kier alpha value is -2.37. The predicted molar refractivity (Wildman–Crippen MR) is 80.7 cm³/mol. The molecule has 1 aliphatic rings. The number of carbonyl (C=O) groups excluding carboxylic acids is 1. The number of nitrogens with zero attached hydrogens (tertiary/aromatic N) is 2. The third kappa shape index (κ3) is 3.27. The zero-order valence-electron chi connectivity index (χ0n) is 12.3. The maximum Gasteiger partial charge on any atom is 0.287 e. The summed E-state index contributed by atoms with van der Waals surface area (Å²) < 4.78 is 6.52. The summed E-state index contributed by atoms with van der Waals surface area (Å²) >= 11 is 0. The zero-order chi connectivity index (χ0) is 15.4. The van der Waals surface area contributed by atoms with Crippen molar-refractivity contribution in [3.63, 3.8) is 0 Å². The summed E-state index contributed by atoms with van der Waals surface area (Å²) in [7, 11) is 0. The van der Waals surface area contributed by atoms with Gasteiger partial charge < -0.3 is 9.73 Å². The molecule has 116 valence electrons. The molecule has 22 heavy (non-hydrogen) atoms. The van der Waals surface area contributed by atoms with Crippen LogP contribution in [0.25, 0.3) is 0 Å². The van der Waals surface area contributed by atoms with Crippen LogP contribution in [0.2, 0.25) is 0 Å². The quantitative estimate of drug-likeness (QED) is 0.915. The van der Waals surface area contributed by atoms with E-state index in [9.17, 15) is 9.59 Å². The van der Waals surface area contributed by atoms with E-state index in [2.05, 4.69) is 10.3 Å². The van der Waals surface area contributed by atoms with Gasteiger partial charge in [0.25, 0.3) is 11.5 Å². The maximum atomic E-state index is 12.1. The molecule has 0 aliphatic heterocycles. The van der Waals surface area contributed by atoms with E-state index in [0.29, 0.717) is 19.0 Å². The smallest absolute Gasteiger partial charge is 0.287 e. The zero-order valence-corrected chi connectivity index (χ0v) is 12.3. The molecule has 0 spiro atoms. The lowest BCUT2D eigenvalue weighted by atomic mass is 10.0. The SMILES string of the molecule is O=C(NCCn1cnc(C2CCCC2)cc1=O)c1ccco1. The van der Waals surface area contributed by atoms with Crippen LogP contribution in [-0.4, -0.2) is 22.0 Å². The van der Waals surface area contributed by atoms with Crippen molar-refractivity contribution < 1.29 is 9.21 Å². The highest BCUT2D eigenvalue weighted by Crippen LogP contribution is 2.32. The lowest BCUT2D eigenvalue weighted by Crippen LogP contribution is -2.30. The number of hydrogen-bond donors (Lipinski definition) is 1. The Morgan fingerprint density at radius 3 is 2.91 bits per heavy atom. The van der Waals surface area contributed by atoms with Gasteiger partial charge in [-0.05, 0) is 25.0 Å². The monoisotopic (exact) mass is 301 g/mol. The number of carbonyl (C=O) groups is 1. The highest BCUT2D eigenvalue weighted by atomic mass is 16.3. The highest BCUT2D eigenvalue weighted by Gasteiger charge is 2.18. The number of hydrogen-bond acceptors (Lipinski definition) is 4. The summed E-state index contributed by atoms with van der Waals surface area (Å²) in [5.41, 5.74) is 0.836. The van der Waals surface area contributed by atoms with E-state index in [1.807, 2.05) is 0 Å². The topological polar surface area (TPSA) is 77.1 Å². The van der Waals surface area contributed by atoms with Gasteiger partial charge in [0.15, 0.2) is 5.76 Å².